The summed E-state index contributed by atoms with van der Waals surface area (Å²) in [5.74, 6) is 0.205. The van der Waals surface area contributed by atoms with Gasteiger partial charge in [-0.15, -0.1) is 0 Å². The van der Waals surface area contributed by atoms with E-state index in [2.05, 4.69) is 36.9 Å². The highest BCUT2D eigenvalue weighted by atomic mass is 35.5. The molecule has 3 rings (SSSR count). The van der Waals surface area contributed by atoms with Gasteiger partial charge in [-0.25, -0.2) is 0 Å². The normalized spacial score (nSPS) is 14.6. The molecule has 138 valence electrons. The van der Waals surface area contributed by atoms with E-state index in [0.29, 0.717) is 22.9 Å². The zero-order valence-corrected chi connectivity index (χ0v) is 16.8. The number of nitrogens with zero attached hydrogens (tertiary/aromatic N) is 2. The van der Waals surface area contributed by atoms with E-state index >= 15 is 0 Å². The van der Waals surface area contributed by atoms with E-state index in [1.165, 1.54) is 16.8 Å². The van der Waals surface area contributed by atoms with Crippen molar-refractivity contribution in [3.63, 3.8) is 0 Å². The fourth-order valence-corrected chi connectivity index (χ4v) is 3.70. The number of benzene rings is 2. The molecule has 26 heavy (non-hydrogen) atoms. The minimum Gasteiger partial charge on any atom is -0.368 e. The van der Waals surface area contributed by atoms with Gasteiger partial charge in [-0.3, -0.25) is 4.79 Å². The molecule has 0 bridgehead atoms. The number of amides is 1. The molecule has 1 saturated heterocycles. The van der Waals surface area contributed by atoms with E-state index in [4.69, 9.17) is 23.2 Å². The van der Waals surface area contributed by atoms with Crippen LogP contribution in [0.25, 0.3) is 0 Å². The van der Waals surface area contributed by atoms with Crippen molar-refractivity contribution in [2.75, 3.05) is 31.1 Å². The van der Waals surface area contributed by atoms with Crippen LogP contribution in [0, 0.1) is 13.8 Å². The standard InChI is InChI=1S/C21H24Cl2N2O/c1-15-4-3-5-20(16(15)2)24-10-12-25(13-11-24)21(26)9-7-17-6-8-18(22)19(23)14-17/h3-6,8,14H,7,9-13H2,1-2H3. The third-order valence-electron chi connectivity index (χ3n) is 5.16. The van der Waals surface area contributed by atoms with E-state index in [1.807, 2.05) is 17.0 Å². The van der Waals surface area contributed by atoms with Crippen molar-refractivity contribution >= 4 is 34.8 Å². The fraction of sp³-hybridized carbons (Fsp3) is 0.381. The third kappa shape index (κ3) is 4.33. The first-order chi connectivity index (χ1) is 12.5. The number of aryl methyl sites for hydroxylation is 2. The molecule has 1 aliphatic heterocycles. The first kappa shape index (κ1) is 19.1. The first-order valence-corrected chi connectivity index (χ1v) is 9.74. The van der Waals surface area contributed by atoms with Crippen molar-refractivity contribution in [2.24, 2.45) is 0 Å². The van der Waals surface area contributed by atoms with Crippen molar-refractivity contribution in [1.82, 2.24) is 4.90 Å². The largest absolute Gasteiger partial charge is 0.368 e. The maximum atomic E-state index is 12.5. The molecule has 1 amide bonds. The van der Waals surface area contributed by atoms with Gasteiger partial charge < -0.3 is 9.80 Å². The highest BCUT2D eigenvalue weighted by Gasteiger charge is 2.22. The minimum atomic E-state index is 0.205. The number of anilines is 1. The number of piperazine rings is 1. The summed E-state index contributed by atoms with van der Waals surface area (Å²) in [6.45, 7) is 7.61. The Bertz CT molecular complexity index is 799. The molecule has 0 spiro atoms. The smallest absolute Gasteiger partial charge is 0.223 e. The molecule has 0 atom stereocenters. The maximum Gasteiger partial charge on any atom is 0.223 e. The molecule has 0 radical (unpaired) electrons. The lowest BCUT2D eigenvalue weighted by Gasteiger charge is -2.37. The van der Waals surface area contributed by atoms with Crippen LogP contribution < -0.4 is 4.90 Å². The van der Waals surface area contributed by atoms with Gasteiger partial charge in [0.05, 0.1) is 10.0 Å². The lowest BCUT2D eigenvalue weighted by atomic mass is 10.1. The van der Waals surface area contributed by atoms with Crippen LogP contribution in [0.2, 0.25) is 10.0 Å². The van der Waals surface area contributed by atoms with E-state index in [9.17, 15) is 4.79 Å². The quantitative estimate of drug-likeness (QED) is 0.741. The molecule has 1 fully saturated rings. The molecule has 0 saturated carbocycles. The van der Waals surface area contributed by atoms with Gasteiger partial charge in [-0.1, -0.05) is 41.4 Å². The second-order valence-electron chi connectivity index (χ2n) is 6.84. The predicted molar refractivity (Wildman–Crippen MR) is 109 cm³/mol. The molecule has 3 nitrogen and oxygen atoms in total. The number of carbonyl (C=O) groups excluding carboxylic acids is 1. The Hall–Kier alpha value is -1.71. The number of hydrogen-bond acceptors (Lipinski definition) is 2. The molecular weight excluding hydrogens is 367 g/mol. The first-order valence-electron chi connectivity index (χ1n) is 8.98. The highest BCUT2D eigenvalue weighted by Crippen LogP contribution is 2.25. The van der Waals surface area contributed by atoms with Crippen LogP contribution in [0.1, 0.15) is 23.1 Å². The van der Waals surface area contributed by atoms with Crippen LogP contribution in [0.3, 0.4) is 0 Å². The average Bonchev–Trinajstić information content (AvgIpc) is 2.65. The predicted octanol–water partition coefficient (Wildman–Crippen LogP) is 4.89. The molecular formula is C21H24Cl2N2O. The zero-order valence-electron chi connectivity index (χ0n) is 15.3. The van der Waals surface area contributed by atoms with Crippen LogP contribution in [0.4, 0.5) is 5.69 Å². The monoisotopic (exact) mass is 390 g/mol. The Morgan fingerprint density at radius 3 is 2.42 bits per heavy atom. The van der Waals surface area contributed by atoms with Crippen molar-refractivity contribution in [2.45, 2.75) is 26.7 Å². The van der Waals surface area contributed by atoms with Crippen LogP contribution >= 0.6 is 23.2 Å². The van der Waals surface area contributed by atoms with Gasteiger partial charge in [-0.2, -0.15) is 0 Å². The highest BCUT2D eigenvalue weighted by molar-refractivity contribution is 6.42. The maximum absolute atomic E-state index is 12.5. The topological polar surface area (TPSA) is 23.6 Å². The molecule has 1 aliphatic rings. The Morgan fingerprint density at radius 1 is 1.00 bits per heavy atom. The van der Waals surface area contributed by atoms with Crippen molar-refractivity contribution < 1.29 is 4.79 Å². The summed E-state index contributed by atoms with van der Waals surface area (Å²) < 4.78 is 0. The molecule has 0 unspecified atom stereocenters. The summed E-state index contributed by atoms with van der Waals surface area (Å²) in [7, 11) is 0. The van der Waals surface area contributed by atoms with E-state index < -0.39 is 0 Å². The molecule has 2 aromatic rings. The van der Waals surface area contributed by atoms with Gasteiger partial charge in [-0.05, 0) is 55.2 Å². The second kappa shape index (κ2) is 8.32. The average molecular weight is 391 g/mol. The van der Waals surface area contributed by atoms with E-state index in [0.717, 1.165) is 31.7 Å². The van der Waals surface area contributed by atoms with Crippen LogP contribution in [0.15, 0.2) is 36.4 Å². The summed E-state index contributed by atoms with van der Waals surface area (Å²) in [5.41, 5.74) is 4.96. The Balaban J connectivity index is 1.53. The summed E-state index contributed by atoms with van der Waals surface area (Å²) in [6, 6.07) is 12.0. The van der Waals surface area contributed by atoms with Gasteiger partial charge in [0.25, 0.3) is 0 Å². The van der Waals surface area contributed by atoms with Crippen molar-refractivity contribution in [3.8, 4) is 0 Å². The Kier molecular flexibility index (Phi) is 6.10. The van der Waals surface area contributed by atoms with E-state index in [-0.39, 0.29) is 5.91 Å². The molecule has 0 aliphatic carbocycles. The van der Waals surface area contributed by atoms with Gasteiger partial charge >= 0.3 is 0 Å². The summed E-state index contributed by atoms with van der Waals surface area (Å²) in [4.78, 5) is 16.9. The molecule has 0 aromatic heterocycles. The van der Waals surface area contributed by atoms with Gasteiger partial charge in [0, 0.05) is 38.3 Å². The zero-order chi connectivity index (χ0) is 18.7. The molecule has 0 N–H and O–H groups in total. The molecule has 1 heterocycles. The van der Waals surface area contributed by atoms with Crippen molar-refractivity contribution in [1.29, 1.82) is 0 Å². The van der Waals surface area contributed by atoms with Crippen LogP contribution in [-0.2, 0) is 11.2 Å². The lowest BCUT2D eigenvalue weighted by Crippen LogP contribution is -2.49. The summed E-state index contributed by atoms with van der Waals surface area (Å²) >= 11 is 12.0. The summed E-state index contributed by atoms with van der Waals surface area (Å²) in [5, 5.41) is 1.09. The van der Waals surface area contributed by atoms with Gasteiger partial charge in [0.2, 0.25) is 5.91 Å². The van der Waals surface area contributed by atoms with Crippen LogP contribution in [-0.4, -0.2) is 37.0 Å². The molecule has 2 aromatic carbocycles. The number of halogens is 2. The van der Waals surface area contributed by atoms with Crippen LogP contribution in [0.5, 0.6) is 0 Å². The number of hydrogen-bond donors (Lipinski definition) is 0. The van der Waals surface area contributed by atoms with Gasteiger partial charge in [0.15, 0.2) is 0 Å². The number of rotatable bonds is 4. The lowest BCUT2D eigenvalue weighted by molar-refractivity contribution is -0.131. The third-order valence-corrected chi connectivity index (χ3v) is 5.90. The van der Waals surface area contributed by atoms with Gasteiger partial charge in [0.1, 0.15) is 0 Å². The number of carbonyl (C=O) groups is 1. The fourth-order valence-electron chi connectivity index (χ4n) is 3.38. The molecule has 5 heteroatoms. The SMILES string of the molecule is Cc1cccc(N2CCN(C(=O)CCc3ccc(Cl)c(Cl)c3)CC2)c1C. The summed E-state index contributed by atoms with van der Waals surface area (Å²) in [6.07, 6.45) is 1.19. The second-order valence-corrected chi connectivity index (χ2v) is 7.65. The Labute approximate surface area is 165 Å². The van der Waals surface area contributed by atoms with E-state index in [1.54, 1.807) is 6.07 Å². The minimum absolute atomic E-state index is 0.205. The van der Waals surface area contributed by atoms with Crippen molar-refractivity contribution in [3.05, 3.63) is 63.1 Å². The Morgan fingerprint density at radius 2 is 1.73 bits per heavy atom.